The maximum Gasteiger partial charge on any atom is 0.416 e. The van der Waals surface area contributed by atoms with Crippen LogP contribution in [0.5, 0.6) is 5.88 Å². The van der Waals surface area contributed by atoms with Crippen LogP contribution < -0.4 is 4.74 Å². The minimum Gasteiger partial charge on any atom is -0.389 e. The number of likely N-dealkylation sites (tertiary alicyclic amines) is 1. The molecule has 0 radical (unpaired) electrons. The van der Waals surface area contributed by atoms with Gasteiger partial charge in [-0.15, -0.1) is 5.10 Å². The Bertz CT molecular complexity index is 720. The number of carbonyl (C=O) groups is 1. The highest BCUT2D eigenvalue weighted by Gasteiger charge is 2.42. The Morgan fingerprint density at radius 3 is 2.65 bits per heavy atom. The zero-order chi connectivity index (χ0) is 16.6. The number of rotatable bonds is 1. The first-order chi connectivity index (χ1) is 10.8. The first kappa shape index (κ1) is 15.6. The van der Waals surface area contributed by atoms with Crippen LogP contribution in [0.15, 0.2) is 18.2 Å². The summed E-state index contributed by atoms with van der Waals surface area (Å²) in [6.07, 6.45) is -5.29. The third-order valence-electron chi connectivity index (χ3n) is 3.89. The van der Waals surface area contributed by atoms with Gasteiger partial charge in [0.05, 0.1) is 16.8 Å². The standard InChI is InChI=1S/C14H13F4N3O2/c15-9-1-2-10-11(7-9)19-20-12(10)23-13(22)21-5-3-8(4-6-21)14(16,17)18/h1-2,7-8H,3-6H2,(H,19,20). The Morgan fingerprint density at radius 2 is 2.00 bits per heavy atom. The topological polar surface area (TPSA) is 58.2 Å². The van der Waals surface area contributed by atoms with Crippen molar-refractivity contribution in [2.75, 3.05) is 13.1 Å². The summed E-state index contributed by atoms with van der Waals surface area (Å²) >= 11 is 0. The summed E-state index contributed by atoms with van der Waals surface area (Å²) < 4.78 is 56.0. The summed E-state index contributed by atoms with van der Waals surface area (Å²) in [5.74, 6) is -1.88. The summed E-state index contributed by atoms with van der Waals surface area (Å²) in [6, 6.07) is 3.81. The minimum absolute atomic E-state index is 0.0251. The maximum atomic E-state index is 13.1. The molecule has 124 valence electrons. The highest BCUT2D eigenvalue weighted by molar-refractivity contribution is 5.86. The molecule has 23 heavy (non-hydrogen) atoms. The van der Waals surface area contributed by atoms with Gasteiger partial charge in [-0.3, -0.25) is 5.10 Å². The van der Waals surface area contributed by atoms with Crippen molar-refractivity contribution in [1.29, 1.82) is 0 Å². The maximum absolute atomic E-state index is 13.1. The Hall–Kier alpha value is -2.32. The number of nitrogens with one attached hydrogen (secondary N) is 1. The largest absolute Gasteiger partial charge is 0.416 e. The van der Waals surface area contributed by atoms with Crippen LogP contribution in [0.4, 0.5) is 22.4 Å². The molecule has 5 nitrogen and oxygen atoms in total. The fraction of sp³-hybridized carbons (Fsp3) is 0.429. The van der Waals surface area contributed by atoms with E-state index in [0.29, 0.717) is 10.9 Å². The van der Waals surface area contributed by atoms with Crippen LogP contribution in [-0.4, -0.2) is 40.5 Å². The van der Waals surface area contributed by atoms with Crippen LogP contribution in [-0.2, 0) is 0 Å². The highest BCUT2D eigenvalue weighted by Crippen LogP contribution is 2.34. The summed E-state index contributed by atoms with van der Waals surface area (Å²) in [5, 5.41) is 6.74. The van der Waals surface area contributed by atoms with Gasteiger partial charge in [0.1, 0.15) is 5.82 Å². The molecule has 2 heterocycles. The first-order valence-corrected chi connectivity index (χ1v) is 7.01. The van der Waals surface area contributed by atoms with Gasteiger partial charge in [0.25, 0.3) is 5.88 Å². The van der Waals surface area contributed by atoms with Crippen LogP contribution >= 0.6 is 0 Å². The van der Waals surface area contributed by atoms with E-state index in [4.69, 9.17) is 4.74 Å². The Morgan fingerprint density at radius 1 is 1.30 bits per heavy atom. The van der Waals surface area contributed by atoms with Crippen molar-refractivity contribution >= 4 is 17.0 Å². The number of amides is 1. The van der Waals surface area contributed by atoms with E-state index < -0.39 is 24.0 Å². The van der Waals surface area contributed by atoms with Crippen LogP contribution in [0.2, 0.25) is 0 Å². The molecule has 0 spiro atoms. The summed E-state index contributed by atoms with van der Waals surface area (Å²) in [4.78, 5) is 13.2. The number of H-pyrrole nitrogens is 1. The highest BCUT2D eigenvalue weighted by atomic mass is 19.4. The van der Waals surface area contributed by atoms with Gasteiger partial charge in [0.15, 0.2) is 0 Å². The molecule has 1 N–H and O–H groups in total. The smallest absolute Gasteiger partial charge is 0.389 e. The molecule has 1 aliphatic heterocycles. The van der Waals surface area contributed by atoms with Gasteiger partial charge >= 0.3 is 12.3 Å². The monoisotopic (exact) mass is 331 g/mol. The molecule has 1 aromatic heterocycles. The molecule has 1 aliphatic rings. The third kappa shape index (κ3) is 3.22. The number of halogens is 4. The van der Waals surface area contributed by atoms with Crippen LogP contribution in [0.1, 0.15) is 12.8 Å². The minimum atomic E-state index is -4.24. The zero-order valence-corrected chi connectivity index (χ0v) is 11.9. The molecular weight excluding hydrogens is 318 g/mol. The van der Waals surface area contributed by atoms with Gasteiger partial charge in [0, 0.05) is 13.1 Å². The predicted octanol–water partition coefficient (Wildman–Crippen LogP) is 3.48. The third-order valence-corrected chi connectivity index (χ3v) is 3.89. The van der Waals surface area contributed by atoms with Crippen LogP contribution in [0, 0.1) is 11.7 Å². The molecule has 1 saturated heterocycles. The molecule has 0 saturated carbocycles. The lowest BCUT2D eigenvalue weighted by molar-refractivity contribution is -0.183. The van der Waals surface area contributed by atoms with Crippen molar-refractivity contribution in [2.24, 2.45) is 5.92 Å². The summed E-state index contributed by atoms with van der Waals surface area (Å²) in [5.41, 5.74) is 0.364. The number of benzene rings is 1. The number of piperidine rings is 1. The summed E-state index contributed by atoms with van der Waals surface area (Å²) in [6.45, 7) is -0.0556. The summed E-state index contributed by atoms with van der Waals surface area (Å²) in [7, 11) is 0. The molecule has 0 aliphatic carbocycles. The number of hydrogen-bond acceptors (Lipinski definition) is 3. The van der Waals surface area contributed by atoms with Crippen molar-refractivity contribution in [2.45, 2.75) is 19.0 Å². The lowest BCUT2D eigenvalue weighted by Crippen LogP contribution is -2.43. The van der Waals surface area contributed by atoms with Gasteiger partial charge < -0.3 is 9.64 Å². The van der Waals surface area contributed by atoms with E-state index in [9.17, 15) is 22.4 Å². The number of ether oxygens (including phenoxy) is 1. The number of nitrogens with zero attached hydrogens (tertiary/aromatic N) is 2. The van der Waals surface area contributed by atoms with Crippen molar-refractivity contribution in [3.05, 3.63) is 24.0 Å². The van der Waals surface area contributed by atoms with E-state index in [-0.39, 0.29) is 31.8 Å². The normalized spacial score (nSPS) is 16.8. The number of aromatic nitrogens is 2. The van der Waals surface area contributed by atoms with E-state index in [1.807, 2.05) is 0 Å². The van der Waals surface area contributed by atoms with E-state index in [2.05, 4.69) is 10.2 Å². The lowest BCUT2D eigenvalue weighted by atomic mass is 9.97. The van der Waals surface area contributed by atoms with Gasteiger partial charge in [-0.25, -0.2) is 9.18 Å². The molecule has 2 aromatic rings. The molecular formula is C14H13F4N3O2. The first-order valence-electron chi connectivity index (χ1n) is 7.01. The van der Waals surface area contributed by atoms with E-state index in [1.165, 1.54) is 23.1 Å². The zero-order valence-electron chi connectivity index (χ0n) is 11.9. The average Bonchev–Trinajstić information content (AvgIpc) is 2.88. The molecule has 1 fully saturated rings. The number of alkyl halides is 3. The second-order valence-corrected chi connectivity index (χ2v) is 5.39. The number of carbonyl (C=O) groups excluding carboxylic acids is 1. The van der Waals surface area contributed by atoms with Crippen LogP contribution in [0.3, 0.4) is 0 Å². The SMILES string of the molecule is O=C(Oc1n[nH]c2cc(F)ccc12)N1CCC(C(F)(F)F)CC1. The van der Waals surface area contributed by atoms with Gasteiger partial charge in [0.2, 0.25) is 0 Å². The van der Waals surface area contributed by atoms with Crippen molar-refractivity contribution in [1.82, 2.24) is 15.1 Å². The lowest BCUT2D eigenvalue weighted by Gasteiger charge is -2.31. The molecule has 0 bridgehead atoms. The molecule has 3 rings (SSSR count). The van der Waals surface area contributed by atoms with Crippen molar-refractivity contribution < 1.29 is 27.1 Å². The fourth-order valence-corrected chi connectivity index (χ4v) is 2.58. The predicted molar refractivity (Wildman–Crippen MR) is 72.4 cm³/mol. The molecule has 9 heteroatoms. The average molecular weight is 331 g/mol. The van der Waals surface area contributed by atoms with Crippen molar-refractivity contribution in [3.8, 4) is 5.88 Å². The fourth-order valence-electron chi connectivity index (χ4n) is 2.58. The number of fused-ring (bicyclic) bond motifs is 1. The Balaban J connectivity index is 1.65. The molecule has 1 aromatic carbocycles. The molecule has 1 amide bonds. The van der Waals surface area contributed by atoms with Gasteiger partial charge in [-0.05, 0) is 31.0 Å². The number of aromatic amines is 1. The van der Waals surface area contributed by atoms with Gasteiger partial charge in [-0.1, -0.05) is 0 Å². The quantitative estimate of drug-likeness (QED) is 0.814. The molecule has 0 atom stereocenters. The van der Waals surface area contributed by atoms with Gasteiger partial charge in [-0.2, -0.15) is 13.2 Å². The molecule has 0 unspecified atom stereocenters. The Labute approximate surface area is 128 Å². The Kier molecular flexibility index (Phi) is 3.87. The van der Waals surface area contributed by atoms with Crippen molar-refractivity contribution in [3.63, 3.8) is 0 Å². The van der Waals surface area contributed by atoms with Crippen LogP contribution in [0.25, 0.3) is 10.9 Å². The second kappa shape index (κ2) is 5.71. The van der Waals surface area contributed by atoms with E-state index in [0.717, 1.165) is 0 Å². The van der Waals surface area contributed by atoms with E-state index in [1.54, 1.807) is 0 Å². The van der Waals surface area contributed by atoms with E-state index >= 15 is 0 Å². The second-order valence-electron chi connectivity index (χ2n) is 5.39. The number of hydrogen-bond donors (Lipinski definition) is 1.